The first-order valence-electron chi connectivity index (χ1n) is 11.0. The van der Waals surface area contributed by atoms with Gasteiger partial charge in [0, 0.05) is 40.9 Å². The van der Waals surface area contributed by atoms with Gasteiger partial charge in [-0.15, -0.1) is 0 Å². The van der Waals surface area contributed by atoms with E-state index in [0.717, 1.165) is 57.6 Å². The molecule has 0 spiro atoms. The van der Waals surface area contributed by atoms with Gasteiger partial charge in [0.25, 0.3) is 0 Å². The highest BCUT2D eigenvalue weighted by Gasteiger charge is 2.33. The third kappa shape index (κ3) is 3.03. The lowest BCUT2D eigenvalue weighted by atomic mass is 9.80. The predicted octanol–water partition coefficient (Wildman–Crippen LogP) is 4.66. The molecule has 3 heterocycles. The van der Waals surface area contributed by atoms with Crippen molar-refractivity contribution >= 4 is 22.2 Å². The number of fused-ring (bicyclic) bond motifs is 2. The van der Waals surface area contributed by atoms with Crippen LogP contribution in [0, 0.1) is 0 Å². The van der Waals surface area contributed by atoms with Crippen molar-refractivity contribution in [1.29, 1.82) is 0 Å². The highest BCUT2D eigenvalue weighted by molar-refractivity contribution is 5.91. The number of anilines is 1. The Labute approximate surface area is 186 Å². The predicted molar refractivity (Wildman–Crippen MR) is 128 cm³/mol. The number of pyridine rings is 1. The molecule has 0 aliphatic heterocycles. The smallest absolute Gasteiger partial charge is 0.150 e. The highest BCUT2D eigenvalue weighted by Crippen LogP contribution is 2.39. The first-order valence-corrected chi connectivity index (χ1v) is 11.0. The van der Waals surface area contributed by atoms with Crippen molar-refractivity contribution in [2.24, 2.45) is 0 Å². The Bertz CT molecular complexity index is 1430. The minimum Gasteiger partial charge on any atom is -0.382 e. The molecule has 1 aliphatic rings. The monoisotopic (exact) mass is 420 g/mol. The van der Waals surface area contributed by atoms with Gasteiger partial charge in [0.15, 0.2) is 0 Å². The van der Waals surface area contributed by atoms with Crippen molar-refractivity contribution in [2.45, 2.75) is 24.8 Å². The Morgan fingerprint density at radius 3 is 2.59 bits per heavy atom. The van der Waals surface area contributed by atoms with E-state index >= 15 is 0 Å². The number of nitrogens with zero attached hydrogens (tertiary/aromatic N) is 4. The molecule has 3 N–H and O–H groups in total. The first kappa shape index (κ1) is 19.0. The molecular formula is C26H24N6. The zero-order valence-electron chi connectivity index (χ0n) is 17.9. The van der Waals surface area contributed by atoms with E-state index in [1.165, 1.54) is 0 Å². The molecule has 6 heteroatoms. The van der Waals surface area contributed by atoms with Gasteiger partial charge in [-0.2, -0.15) is 0 Å². The average molecular weight is 421 g/mol. The first-order chi connectivity index (χ1) is 15.7. The van der Waals surface area contributed by atoms with Crippen LogP contribution in [-0.2, 0) is 0 Å². The lowest BCUT2D eigenvalue weighted by molar-refractivity contribution is 0.296. The Morgan fingerprint density at radius 1 is 0.969 bits per heavy atom. The molecule has 0 amide bonds. The summed E-state index contributed by atoms with van der Waals surface area (Å²) < 4.78 is 2.12. The molecule has 5 aromatic rings. The molecule has 32 heavy (non-hydrogen) atoms. The second-order valence-electron chi connectivity index (χ2n) is 8.47. The molecule has 1 aliphatic carbocycles. The van der Waals surface area contributed by atoms with Crippen molar-refractivity contribution in [2.75, 3.05) is 12.8 Å². The number of nitrogens with one attached hydrogen (secondary N) is 1. The third-order valence-corrected chi connectivity index (χ3v) is 6.56. The number of hydrogen-bond donors (Lipinski definition) is 2. The molecule has 6 nitrogen and oxygen atoms in total. The molecule has 1 saturated carbocycles. The minimum absolute atomic E-state index is 0.416. The zero-order chi connectivity index (χ0) is 21.7. The van der Waals surface area contributed by atoms with Crippen LogP contribution in [0.3, 0.4) is 0 Å². The summed E-state index contributed by atoms with van der Waals surface area (Å²) in [6.07, 6.45) is 5.88. The summed E-state index contributed by atoms with van der Waals surface area (Å²) in [5.41, 5.74) is 12.1. The molecular weight excluding hydrogens is 396 g/mol. The Kier molecular flexibility index (Phi) is 4.40. The molecule has 158 valence electrons. The van der Waals surface area contributed by atoms with Gasteiger partial charge < -0.3 is 11.1 Å². The lowest BCUT2D eigenvalue weighted by Crippen LogP contribution is -2.38. The topological polar surface area (TPSA) is 81.1 Å². The number of rotatable bonds is 4. The fraction of sp³-hybridized carbons (Fsp3) is 0.192. The molecule has 0 atom stereocenters. The average Bonchev–Trinajstić information content (AvgIpc) is 3.19. The fourth-order valence-corrected chi connectivity index (χ4v) is 4.67. The van der Waals surface area contributed by atoms with Gasteiger partial charge in [0.2, 0.25) is 0 Å². The maximum Gasteiger partial charge on any atom is 0.150 e. The van der Waals surface area contributed by atoms with E-state index in [4.69, 9.17) is 15.7 Å². The summed E-state index contributed by atoms with van der Waals surface area (Å²) in [4.78, 5) is 14.4. The fourth-order valence-electron chi connectivity index (χ4n) is 4.67. The Morgan fingerprint density at radius 2 is 1.78 bits per heavy atom. The quantitative estimate of drug-likeness (QED) is 0.442. The van der Waals surface area contributed by atoms with Crippen LogP contribution < -0.4 is 11.1 Å². The van der Waals surface area contributed by atoms with Gasteiger partial charge in [-0.1, -0.05) is 48.5 Å². The van der Waals surface area contributed by atoms with Crippen LogP contribution in [-0.4, -0.2) is 32.4 Å². The Hall–Kier alpha value is -3.77. The zero-order valence-corrected chi connectivity index (χ0v) is 17.9. The molecule has 6 rings (SSSR count). The van der Waals surface area contributed by atoms with Crippen LogP contribution in [0.2, 0.25) is 0 Å². The summed E-state index contributed by atoms with van der Waals surface area (Å²) in [5, 5.41) is 4.45. The third-order valence-electron chi connectivity index (χ3n) is 6.56. The van der Waals surface area contributed by atoms with Crippen molar-refractivity contribution in [3.63, 3.8) is 0 Å². The van der Waals surface area contributed by atoms with Crippen molar-refractivity contribution in [3.8, 4) is 22.5 Å². The molecule has 2 aromatic carbocycles. The van der Waals surface area contributed by atoms with Crippen LogP contribution in [0.25, 0.3) is 38.9 Å². The lowest BCUT2D eigenvalue weighted by Gasteiger charge is -2.34. The molecule has 0 unspecified atom stereocenters. The summed E-state index contributed by atoms with van der Waals surface area (Å²) in [6, 6.07) is 21.3. The molecule has 0 saturated heterocycles. The van der Waals surface area contributed by atoms with Crippen LogP contribution in [0.4, 0.5) is 5.82 Å². The van der Waals surface area contributed by atoms with Crippen LogP contribution in [0.5, 0.6) is 0 Å². The van der Waals surface area contributed by atoms with E-state index in [1.54, 1.807) is 6.20 Å². The maximum absolute atomic E-state index is 6.33. The summed E-state index contributed by atoms with van der Waals surface area (Å²) in [7, 11) is 2.02. The highest BCUT2D eigenvalue weighted by atomic mass is 15.1. The van der Waals surface area contributed by atoms with Gasteiger partial charge >= 0.3 is 0 Å². The van der Waals surface area contributed by atoms with E-state index in [1.807, 2.05) is 31.4 Å². The standard InChI is InChI=1S/C26H24N6/c1-28-20-13-19(14-20)26-31-23(24-25(27)29-11-12-32(24)26)18-8-7-17-9-10-21(30-22(17)15-18)16-5-3-2-4-6-16/h2-12,15,19-20,28H,13-14H2,1H3,(H2,27,29)/t19-,20+. The van der Waals surface area contributed by atoms with Crippen molar-refractivity contribution < 1.29 is 0 Å². The van der Waals surface area contributed by atoms with E-state index in [0.29, 0.717) is 17.8 Å². The van der Waals surface area contributed by atoms with Gasteiger partial charge in [-0.3, -0.25) is 4.40 Å². The molecule has 0 bridgehead atoms. The number of benzene rings is 2. The SMILES string of the molecule is CN[C@H]1C[C@@H](c2nc(-c3ccc4ccc(-c5ccccc5)nc4c3)c3c(N)nccn32)C1. The van der Waals surface area contributed by atoms with E-state index in [2.05, 4.69) is 57.2 Å². The largest absolute Gasteiger partial charge is 0.382 e. The van der Waals surface area contributed by atoms with Crippen LogP contribution in [0.1, 0.15) is 24.6 Å². The normalized spacial score (nSPS) is 18.2. The number of nitrogens with two attached hydrogens (primary N) is 1. The maximum atomic E-state index is 6.33. The van der Waals surface area contributed by atoms with Gasteiger partial charge in [-0.05, 0) is 32.0 Å². The van der Waals surface area contributed by atoms with E-state index in [9.17, 15) is 0 Å². The molecule has 3 aromatic heterocycles. The second-order valence-corrected chi connectivity index (χ2v) is 8.47. The number of hydrogen-bond acceptors (Lipinski definition) is 5. The van der Waals surface area contributed by atoms with E-state index in [-0.39, 0.29) is 0 Å². The number of nitrogen functional groups attached to an aromatic ring is 1. The minimum atomic E-state index is 0.416. The summed E-state index contributed by atoms with van der Waals surface area (Å²) in [6.45, 7) is 0. The van der Waals surface area contributed by atoms with Crippen molar-refractivity contribution in [3.05, 3.63) is 78.9 Å². The Balaban J connectivity index is 1.49. The van der Waals surface area contributed by atoms with Gasteiger partial charge in [0.1, 0.15) is 22.9 Å². The summed E-state index contributed by atoms with van der Waals surface area (Å²) >= 11 is 0. The van der Waals surface area contributed by atoms with Crippen LogP contribution >= 0.6 is 0 Å². The van der Waals surface area contributed by atoms with Crippen LogP contribution in [0.15, 0.2) is 73.1 Å². The number of imidazole rings is 1. The second kappa shape index (κ2) is 7.43. The van der Waals surface area contributed by atoms with Crippen molar-refractivity contribution in [1.82, 2.24) is 24.7 Å². The number of aromatic nitrogens is 4. The van der Waals surface area contributed by atoms with Gasteiger partial charge in [0.05, 0.1) is 11.2 Å². The molecule has 0 radical (unpaired) electrons. The molecule has 1 fully saturated rings. The summed E-state index contributed by atoms with van der Waals surface area (Å²) in [5.74, 6) is 1.97. The van der Waals surface area contributed by atoms with Gasteiger partial charge in [-0.25, -0.2) is 15.0 Å². The van der Waals surface area contributed by atoms with E-state index < -0.39 is 0 Å².